The summed E-state index contributed by atoms with van der Waals surface area (Å²) in [5, 5.41) is 8.48. The summed E-state index contributed by atoms with van der Waals surface area (Å²) in [7, 11) is 0. The second kappa shape index (κ2) is 8.29. The van der Waals surface area contributed by atoms with E-state index in [1.807, 2.05) is 36.4 Å². The van der Waals surface area contributed by atoms with Crippen molar-refractivity contribution in [3.63, 3.8) is 0 Å². The van der Waals surface area contributed by atoms with Gasteiger partial charge in [-0.25, -0.2) is 9.87 Å². The van der Waals surface area contributed by atoms with Crippen molar-refractivity contribution in [1.29, 1.82) is 0 Å². The van der Waals surface area contributed by atoms with Crippen molar-refractivity contribution in [2.75, 3.05) is 0 Å². The van der Waals surface area contributed by atoms with Gasteiger partial charge < -0.3 is 0 Å². The largest absolute Gasteiger partial charge is 0.289 e. The maximum atomic E-state index is 12.8. The highest BCUT2D eigenvalue weighted by atomic mass is 19.1. The van der Waals surface area contributed by atoms with Gasteiger partial charge in [0.15, 0.2) is 0 Å². The first kappa shape index (κ1) is 16.2. The molecular formula is C18H20FNO2. The van der Waals surface area contributed by atoms with Gasteiger partial charge in [0.25, 0.3) is 0 Å². The van der Waals surface area contributed by atoms with Crippen LogP contribution >= 0.6 is 0 Å². The van der Waals surface area contributed by atoms with Crippen molar-refractivity contribution in [1.82, 2.24) is 5.48 Å². The molecule has 0 saturated heterocycles. The molecule has 0 aromatic heterocycles. The van der Waals surface area contributed by atoms with Gasteiger partial charge in [-0.1, -0.05) is 36.4 Å². The quantitative estimate of drug-likeness (QED) is 0.467. The number of carbonyl (C=O) groups excluding carboxylic acids is 1. The monoisotopic (exact) mass is 301 g/mol. The average Bonchev–Trinajstić information content (AvgIpc) is 2.54. The van der Waals surface area contributed by atoms with Crippen molar-refractivity contribution in [3.8, 4) is 0 Å². The van der Waals surface area contributed by atoms with Gasteiger partial charge >= 0.3 is 0 Å². The molecule has 0 radical (unpaired) electrons. The molecule has 2 rings (SSSR count). The molecule has 0 aliphatic heterocycles. The number of hydrogen-bond acceptors (Lipinski definition) is 2. The molecule has 22 heavy (non-hydrogen) atoms. The molecule has 0 unspecified atom stereocenters. The number of carbonyl (C=O) groups is 1. The molecular weight excluding hydrogens is 281 g/mol. The van der Waals surface area contributed by atoms with E-state index >= 15 is 0 Å². The summed E-state index contributed by atoms with van der Waals surface area (Å²) >= 11 is 0. The standard InChI is InChI=1S/C18H20FNO2/c19-17-11-9-15(10-12-17)4-2-1-3-14-5-7-16(8-6-14)13-18(21)20-22/h5-12,22H,1-4,13H2,(H,20,21). The first-order valence-electron chi connectivity index (χ1n) is 7.42. The predicted molar refractivity (Wildman–Crippen MR) is 83.1 cm³/mol. The predicted octanol–water partition coefficient (Wildman–Crippen LogP) is 3.44. The van der Waals surface area contributed by atoms with Crippen molar-refractivity contribution < 1.29 is 14.4 Å². The molecule has 0 aliphatic rings. The van der Waals surface area contributed by atoms with E-state index in [0.29, 0.717) is 0 Å². The summed E-state index contributed by atoms with van der Waals surface area (Å²) < 4.78 is 12.8. The molecule has 1 amide bonds. The molecule has 0 atom stereocenters. The van der Waals surface area contributed by atoms with Crippen LogP contribution in [0.5, 0.6) is 0 Å². The Kier molecular flexibility index (Phi) is 6.10. The number of amides is 1. The molecule has 3 nitrogen and oxygen atoms in total. The molecule has 2 aromatic rings. The summed E-state index contributed by atoms with van der Waals surface area (Å²) in [4.78, 5) is 11.0. The summed E-state index contributed by atoms with van der Waals surface area (Å²) in [5.74, 6) is -0.606. The van der Waals surface area contributed by atoms with Gasteiger partial charge in [0.1, 0.15) is 5.82 Å². The van der Waals surface area contributed by atoms with Gasteiger partial charge in [0.05, 0.1) is 6.42 Å². The summed E-state index contributed by atoms with van der Waals surface area (Å²) in [6.07, 6.45) is 4.23. The second-order valence-corrected chi connectivity index (χ2v) is 5.36. The van der Waals surface area contributed by atoms with Gasteiger partial charge in [0.2, 0.25) is 5.91 Å². The SMILES string of the molecule is O=C(Cc1ccc(CCCCc2ccc(F)cc2)cc1)NO. The first-order chi connectivity index (χ1) is 10.7. The first-order valence-corrected chi connectivity index (χ1v) is 7.42. The Labute approximate surface area is 129 Å². The van der Waals surface area contributed by atoms with Crippen molar-refractivity contribution in [3.05, 3.63) is 71.0 Å². The minimum Gasteiger partial charge on any atom is -0.289 e. The Morgan fingerprint density at radius 3 is 1.82 bits per heavy atom. The minimum absolute atomic E-state index is 0.182. The Morgan fingerprint density at radius 1 is 0.864 bits per heavy atom. The van der Waals surface area contributed by atoms with Gasteiger partial charge in [-0.3, -0.25) is 10.0 Å². The third kappa shape index (κ3) is 5.30. The number of hydrogen-bond donors (Lipinski definition) is 2. The third-order valence-corrected chi connectivity index (χ3v) is 3.61. The van der Waals surface area contributed by atoms with E-state index in [1.54, 1.807) is 5.48 Å². The number of rotatable bonds is 7. The molecule has 0 saturated carbocycles. The molecule has 2 N–H and O–H groups in total. The van der Waals surface area contributed by atoms with Crippen LogP contribution in [0.3, 0.4) is 0 Å². The third-order valence-electron chi connectivity index (χ3n) is 3.61. The lowest BCUT2D eigenvalue weighted by molar-refractivity contribution is -0.128. The Balaban J connectivity index is 1.72. The van der Waals surface area contributed by atoms with E-state index in [9.17, 15) is 9.18 Å². The summed E-state index contributed by atoms with van der Waals surface area (Å²) in [6, 6.07) is 14.5. The fourth-order valence-corrected chi connectivity index (χ4v) is 2.36. The van der Waals surface area contributed by atoms with E-state index in [-0.39, 0.29) is 12.2 Å². The molecule has 0 heterocycles. The molecule has 2 aromatic carbocycles. The number of halogens is 1. The van der Waals surface area contributed by atoms with Gasteiger partial charge in [0, 0.05) is 0 Å². The van der Waals surface area contributed by atoms with Crippen molar-refractivity contribution >= 4 is 5.91 Å². The summed E-state index contributed by atoms with van der Waals surface area (Å²) in [6.45, 7) is 0. The normalized spacial score (nSPS) is 10.5. The molecule has 0 aliphatic carbocycles. The van der Waals surface area contributed by atoms with Crippen LogP contribution in [0.1, 0.15) is 29.5 Å². The van der Waals surface area contributed by atoms with Crippen molar-refractivity contribution in [2.45, 2.75) is 32.1 Å². The van der Waals surface area contributed by atoms with Crippen LogP contribution in [0.15, 0.2) is 48.5 Å². The van der Waals surface area contributed by atoms with Crippen molar-refractivity contribution in [2.24, 2.45) is 0 Å². The lowest BCUT2D eigenvalue weighted by Gasteiger charge is -2.05. The van der Waals surface area contributed by atoms with Crippen LogP contribution in [0.2, 0.25) is 0 Å². The fraction of sp³-hybridized carbons (Fsp3) is 0.278. The molecule has 4 heteroatoms. The smallest absolute Gasteiger partial charge is 0.247 e. The highest BCUT2D eigenvalue weighted by Gasteiger charge is 2.02. The number of hydroxylamine groups is 1. The van der Waals surface area contributed by atoms with Crippen LogP contribution in [0.25, 0.3) is 0 Å². The number of unbranched alkanes of at least 4 members (excludes halogenated alkanes) is 1. The Bertz CT molecular complexity index is 593. The molecule has 0 spiro atoms. The molecule has 0 fully saturated rings. The van der Waals surface area contributed by atoms with Crippen LogP contribution in [-0.2, 0) is 24.1 Å². The lowest BCUT2D eigenvalue weighted by atomic mass is 10.0. The average molecular weight is 301 g/mol. The van der Waals surface area contributed by atoms with Gasteiger partial charge in [-0.2, -0.15) is 0 Å². The number of aryl methyl sites for hydroxylation is 2. The maximum Gasteiger partial charge on any atom is 0.247 e. The Morgan fingerprint density at radius 2 is 1.32 bits per heavy atom. The zero-order valence-corrected chi connectivity index (χ0v) is 12.4. The lowest BCUT2D eigenvalue weighted by Crippen LogP contribution is -2.20. The van der Waals surface area contributed by atoms with Crippen LogP contribution in [0.4, 0.5) is 4.39 Å². The summed E-state index contributed by atoms with van der Waals surface area (Å²) in [5.41, 5.74) is 4.89. The van der Waals surface area contributed by atoms with E-state index in [0.717, 1.165) is 36.8 Å². The van der Waals surface area contributed by atoms with E-state index in [4.69, 9.17) is 5.21 Å². The molecule has 0 bridgehead atoms. The highest BCUT2D eigenvalue weighted by Crippen LogP contribution is 2.11. The minimum atomic E-state index is -0.410. The number of nitrogens with one attached hydrogen (secondary N) is 1. The zero-order chi connectivity index (χ0) is 15.8. The van der Waals surface area contributed by atoms with Crippen LogP contribution in [0, 0.1) is 5.82 Å². The van der Waals surface area contributed by atoms with E-state index < -0.39 is 5.91 Å². The highest BCUT2D eigenvalue weighted by molar-refractivity contribution is 5.77. The van der Waals surface area contributed by atoms with Crippen LogP contribution < -0.4 is 5.48 Å². The fourth-order valence-electron chi connectivity index (χ4n) is 2.36. The second-order valence-electron chi connectivity index (χ2n) is 5.36. The molecule has 116 valence electrons. The van der Waals surface area contributed by atoms with Gasteiger partial charge in [-0.15, -0.1) is 0 Å². The number of benzene rings is 2. The Hall–Kier alpha value is -2.20. The zero-order valence-electron chi connectivity index (χ0n) is 12.4. The van der Waals surface area contributed by atoms with Crippen LogP contribution in [-0.4, -0.2) is 11.1 Å². The maximum absolute atomic E-state index is 12.8. The topological polar surface area (TPSA) is 49.3 Å². The van der Waals surface area contributed by atoms with Gasteiger partial charge in [-0.05, 0) is 54.5 Å². The van der Waals surface area contributed by atoms with E-state index in [1.165, 1.54) is 17.7 Å². The van der Waals surface area contributed by atoms with E-state index in [2.05, 4.69) is 0 Å².